The number of halogens is 1. The van der Waals surface area contributed by atoms with Gasteiger partial charge in [-0.3, -0.25) is 10.8 Å². The van der Waals surface area contributed by atoms with Gasteiger partial charge in [0.15, 0.2) is 0 Å². The zero-order chi connectivity index (χ0) is 13.5. The Balaban J connectivity index is 2.88. The molecule has 0 fully saturated rings. The molecule has 0 aliphatic rings. The third kappa shape index (κ3) is 2.16. The molecule has 1 aromatic heterocycles. The maximum atomic E-state index is 6.24. The average Bonchev–Trinajstić information content (AvgIpc) is 2.31. The molecule has 2 rings (SSSR count). The Hall–Kier alpha value is -1.32. The van der Waals surface area contributed by atoms with E-state index in [-0.39, 0.29) is 5.41 Å². The molecule has 0 saturated carbocycles. The van der Waals surface area contributed by atoms with Crippen LogP contribution in [0.25, 0.3) is 10.9 Å². The van der Waals surface area contributed by atoms with Gasteiger partial charge in [-0.15, -0.1) is 0 Å². The number of fused-ring (bicyclic) bond motifs is 1. The number of aryl methyl sites for hydroxylation is 1. The normalized spacial score (nSPS) is 11.9. The maximum absolute atomic E-state index is 6.24. The predicted molar refractivity (Wildman–Crippen MR) is 78.0 cm³/mol. The first-order valence-corrected chi connectivity index (χ1v) is 6.29. The van der Waals surface area contributed by atoms with Crippen molar-refractivity contribution in [2.24, 2.45) is 5.84 Å². The van der Waals surface area contributed by atoms with Gasteiger partial charge in [0.05, 0.1) is 16.2 Å². The van der Waals surface area contributed by atoms with Crippen molar-refractivity contribution in [2.75, 3.05) is 5.43 Å². The van der Waals surface area contributed by atoms with E-state index in [4.69, 9.17) is 22.4 Å². The third-order valence-corrected chi connectivity index (χ3v) is 3.35. The van der Waals surface area contributed by atoms with E-state index in [0.29, 0.717) is 5.02 Å². The molecule has 0 aliphatic heterocycles. The quantitative estimate of drug-likeness (QED) is 0.608. The topological polar surface area (TPSA) is 50.9 Å². The molecule has 1 aromatic carbocycles. The van der Waals surface area contributed by atoms with Gasteiger partial charge in [0.2, 0.25) is 0 Å². The largest absolute Gasteiger partial charge is 0.323 e. The predicted octanol–water partition coefficient (Wildman–Crippen LogP) is 3.78. The van der Waals surface area contributed by atoms with Gasteiger partial charge in [-0.05, 0) is 24.6 Å². The summed E-state index contributed by atoms with van der Waals surface area (Å²) in [6, 6.07) is 5.82. The number of hydrazine groups is 1. The van der Waals surface area contributed by atoms with Crippen LogP contribution in [0.1, 0.15) is 32.0 Å². The second-order valence-electron chi connectivity index (χ2n) is 5.54. The van der Waals surface area contributed by atoms with Crippen molar-refractivity contribution in [3.05, 3.63) is 34.5 Å². The van der Waals surface area contributed by atoms with Crippen LogP contribution in [-0.2, 0) is 5.41 Å². The molecular weight excluding hydrogens is 246 g/mol. The zero-order valence-corrected chi connectivity index (χ0v) is 11.9. The fourth-order valence-electron chi connectivity index (χ4n) is 1.93. The second kappa shape index (κ2) is 4.41. The number of anilines is 1. The van der Waals surface area contributed by atoms with E-state index in [9.17, 15) is 0 Å². The van der Waals surface area contributed by atoms with E-state index < -0.39 is 0 Å². The molecule has 3 N–H and O–H groups in total. The Kier molecular flexibility index (Phi) is 3.21. The summed E-state index contributed by atoms with van der Waals surface area (Å²) < 4.78 is 0. The second-order valence-corrected chi connectivity index (χ2v) is 5.94. The van der Waals surface area contributed by atoms with Crippen molar-refractivity contribution in [3.8, 4) is 0 Å². The lowest BCUT2D eigenvalue weighted by Gasteiger charge is -2.20. The fourth-order valence-corrected chi connectivity index (χ4v) is 2.18. The van der Waals surface area contributed by atoms with Gasteiger partial charge in [0.25, 0.3) is 0 Å². The molecular formula is C14H18ClN3. The smallest absolute Gasteiger partial charge is 0.0771 e. The number of hydrogen-bond donors (Lipinski definition) is 2. The molecule has 0 spiro atoms. The van der Waals surface area contributed by atoms with E-state index in [2.05, 4.69) is 26.2 Å². The highest BCUT2D eigenvalue weighted by Gasteiger charge is 2.19. The zero-order valence-electron chi connectivity index (χ0n) is 11.1. The van der Waals surface area contributed by atoms with Gasteiger partial charge >= 0.3 is 0 Å². The number of nitrogens with two attached hydrogens (primary N) is 1. The molecule has 96 valence electrons. The van der Waals surface area contributed by atoms with Crippen LogP contribution in [0.5, 0.6) is 0 Å². The van der Waals surface area contributed by atoms with Crippen LogP contribution in [0.2, 0.25) is 5.02 Å². The van der Waals surface area contributed by atoms with Crippen molar-refractivity contribution >= 4 is 28.2 Å². The van der Waals surface area contributed by atoms with Crippen LogP contribution in [0.4, 0.5) is 5.69 Å². The van der Waals surface area contributed by atoms with Crippen molar-refractivity contribution < 1.29 is 0 Å². The van der Waals surface area contributed by atoms with Gasteiger partial charge in [0.1, 0.15) is 0 Å². The lowest BCUT2D eigenvalue weighted by Crippen LogP contribution is -2.16. The Morgan fingerprint density at radius 3 is 2.50 bits per heavy atom. The molecule has 2 aromatic rings. The van der Waals surface area contributed by atoms with Crippen molar-refractivity contribution in [1.82, 2.24) is 4.98 Å². The molecule has 0 unspecified atom stereocenters. The van der Waals surface area contributed by atoms with Gasteiger partial charge in [-0.25, -0.2) is 0 Å². The van der Waals surface area contributed by atoms with Crippen LogP contribution >= 0.6 is 11.6 Å². The molecule has 18 heavy (non-hydrogen) atoms. The molecule has 0 atom stereocenters. The molecule has 3 nitrogen and oxygen atoms in total. The number of benzene rings is 1. The molecule has 0 aliphatic carbocycles. The summed E-state index contributed by atoms with van der Waals surface area (Å²) in [5.41, 5.74) is 6.50. The minimum absolute atomic E-state index is 0.0332. The summed E-state index contributed by atoms with van der Waals surface area (Å²) in [5.74, 6) is 5.61. The van der Waals surface area contributed by atoms with Crippen LogP contribution in [0, 0.1) is 6.92 Å². The molecule has 0 radical (unpaired) electrons. The van der Waals surface area contributed by atoms with E-state index in [1.807, 2.05) is 25.1 Å². The highest BCUT2D eigenvalue weighted by atomic mass is 35.5. The number of nitrogens with zero attached hydrogens (tertiary/aromatic N) is 1. The van der Waals surface area contributed by atoms with Gasteiger partial charge < -0.3 is 5.43 Å². The first kappa shape index (κ1) is 13.1. The van der Waals surface area contributed by atoms with Crippen molar-refractivity contribution in [3.63, 3.8) is 0 Å². The van der Waals surface area contributed by atoms with Crippen LogP contribution in [0.3, 0.4) is 0 Å². The Morgan fingerprint density at radius 1 is 1.28 bits per heavy atom. The summed E-state index contributed by atoms with van der Waals surface area (Å²) >= 11 is 6.24. The number of aromatic nitrogens is 1. The molecule has 0 amide bonds. The summed E-state index contributed by atoms with van der Waals surface area (Å²) in [6.45, 7) is 8.41. The SMILES string of the molecule is Cc1ccc(Cl)c2c(NN)cc(C(C)(C)C)nc12. The van der Waals surface area contributed by atoms with Crippen LogP contribution in [-0.4, -0.2) is 4.98 Å². The lowest BCUT2D eigenvalue weighted by atomic mass is 9.90. The van der Waals surface area contributed by atoms with Gasteiger partial charge in [-0.2, -0.15) is 0 Å². The highest BCUT2D eigenvalue weighted by molar-refractivity contribution is 6.36. The first-order valence-electron chi connectivity index (χ1n) is 5.91. The highest BCUT2D eigenvalue weighted by Crippen LogP contribution is 2.34. The van der Waals surface area contributed by atoms with E-state index in [1.54, 1.807) is 0 Å². The fraction of sp³-hybridized carbons (Fsp3) is 0.357. The van der Waals surface area contributed by atoms with E-state index in [0.717, 1.165) is 27.8 Å². The van der Waals surface area contributed by atoms with Gasteiger partial charge in [-0.1, -0.05) is 38.4 Å². The van der Waals surface area contributed by atoms with Crippen molar-refractivity contribution in [2.45, 2.75) is 33.1 Å². The summed E-state index contributed by atoms with van der Waals surface area (Å²) in [7, 11) is 0. The Morgan fingerprint density at radius 2 is 1.94 bits per heavy atom. The van der Waals surface area contributed by atoms with Crippen LogP contribution in [0.15, 0.2) is 18.2 Å². The number of hydrogen-bond acceptors (Lipinski definition) is 3. The third-order valence-electron chi connectivity index (χ3n) is 3.04. The molecule has 0 bridgehead atoms. The standard InChI is InChI=1S/C14H18ClN3/c1-8-5-6-9(15)12-10(18-16)7-11(14(2,3)4)17-13(8)12/h5-7H,16H2,1-4H3,(H,17,18). The molecule has 1 heterocycles. The summed E-state index contributed by atoms with van der Waals surface area (Å²) in [6.07, 6.45) is 0. The molecule has 4 heteroatoms. The number of nitrogens with one attached hydrogen (secondary N) is 1. The lowest BCUT2D eigenvalue weighted by molar-refractivity contribution is 0.571. The van der Waals surface area contributed by atoms with E-state index >= 15 is 0 Å². The van der Waals surface area contributed by atoms with Crippen molar-refractivity contribution in [1.29, 1.82) is 0 Å². The number of pyridine rings is 1. The maximum Gasteiger partial charge on any atom is 0.0771 e. The average molecular weight is 264 g/mol. The molecule has 0 saturated heterocycles. The Labute approximate surface area is 112 Å². The van der Waals surface area contributed by atoms with E-state index in [1.165, 1.54) is 0 Å². The number of rotatable bonds is 1. The van der Waals surface area contributed by atoms with Crippen LogP contribution < -0.4 is 11.3 Å². The first-order chi connectivity index (χ1) is 8.34. The minimum Gasteiger partial charge on any atom is -0.323 e. The monoisotopic (exact) mass is 263 g/mol. The summed E-state index contributed by atoms with van der Waals surface area (Å²) in [5, 5.41) is 1.55. The summed E-state index contributed by atoms with van der Waals surface area (Å²) in [4.78, 5) is 4.74. The van der Waals surface area contributed by atoms with Gasteiger partial charge in [0, 0.05) is 16.5 Å². The minimum atomic E-state index is -0.0332. The Bertz CT molecular complexity index is 600. The number of nitrogen functional groups attached to an aromatic ring is 1.